The molecule has 108 valence electrons. The van der Waals surface area contributed by atoms with E-state index in [4.69, 9.17) is 0 Å². The summed E-state index contributed by atoms with van der Waals surface area (Å²) < 4.78 is 0. The lowest BCUT2D eigenvalue weighted by atomic mass is 9.86. The van der Waals surface area contributed by atoms with Crippen LogP contribution in [0.25, 0.3) is 32.3 Å². The molecule has 0 N–H and O–H groups in total. The van der Waals surface area contributed by atoms with E-state index in [-0.39, 0.29) is 0 Å². The second-order valence-electron chi connectivity index (χ2n) is 6.21. The Kier molecular flexibility index (Phi) is 3.11. The molecule has 0 nitrogen and oxygen atoms in total. The molecule has 0 saturated heterocycles. The van der Waals surface area contributed by atoms with Crippen molar-refractivity contribution >= 4 is 32.3 Å². The number of hydrogen-bond acceptors (Lipinski definition) is 0. The third-order valence-corrected chi connectivity index (χ3v) is 4.90. The molecule has 1 atom stereocenters. The normalized spacial score (nSPS) is 13.0. The third kappa shape index (κ3) is 1.91. The molecule has 0 amide bonds. The number of hydrogen-bond donors (Lipinski definition) is 0. The predicted molar refractivity (Wildman–Crippen MR) is 97.7 cm³/mol. The van der Waals surface area contributed by atoms with E-state index in [1.807, 2.05) is 0 Å². The maximum atomic E-state index is 2.35. The summed E-state index contributed by atoms with van der Waals surface area (Å²) in [5.74, 6) is 0.555. The van der Waals surface area contributed by atoms with E-state index < -0.39 is 0 Å². The zero-order valence-corrected chi connectivity index (χ0v) is 13.1. The van der Waals surface area contributed by atoms with E-state index in [0.717, 1.165) is 6.42 Å². The van der Waals surface area contributed by atoms with E-state index in [1.54, 1.807) is 0 Å². The molecular formula is C22H20. The Labute approximate surface area is 131 Å². The fraction of sp³-hybridized carbons (Fsp3) is 0.182. The quantitative estimate of drug-likeness (QED) is 0.285. The van der Waals surface area contributed by atoms with Gasteiger partial charge in [0.2, 0.25) is 0 Å². The summed E-state index contributed by atoms with van der Waals surface area (Å²) in [6, 6.07) is 24.4. The van der Waals surface area contributed by atoms with Gasteiger partial charge in [-0.2, -0.15) is 0 Å². The van der Waals surface area contributed by atoms with Gasteiger partial charge in [-0.15, -0.1) is 0 Å². The van der Waals surface area contributed by atoms with Gasteiger partial charge in [0.15, 0.2) is 0 Å². The summed E-state index contributed by atoms with van der Waals surface area (Å²) in [5.41, 5.74) is 1.51. The predicted octanol–water partition coefficient (Wildman–Crippen LogP) is 6.66. The second kappa shape index (κ2) is 5.14. The van der Waals surface area contributed by atoms with E-state index >= 15 is 0 Å². The summed E-state index contributed by atoms with van der Waals surface area (Å²) in [5, 5.41) is 8.25. The highest BCUT2D eigenvalue weighted by Gasteiger charge is 2.14. The lowest BCUT2D eigenvalue weighted by Crippen LogP contribution is -1.96. The minimum Gasteiger partial charge on any atom is -0.0648 e. The standard InChI is InChI=1S/C22H20/c1-3-15(2)21-20-11-7-5-9-17(20)14-18-13-12-16-8-4-6-10-19(16)22(18)21/h4-15H,3H2,1-2H3. The molecule has 0 aliphatic carbocycles. The van der Waals surface area contributed by atoms with E-state index in [9.17, 15) is 0 Å². The fourth-order valence-electron chi connectivity index (χ4n) is 3.60. The summed E-state index contributed by atoms with van der Waals surface area (Å²) in [4.78, 5) is 0. The first-order valence-electron chi connectivity index (χ1n) is 8.12. The highest BCUT2D eigenvalue weighted by molar-refractivity contribution is 6.15. The van der Waals surface area contributed by atoms with Gasteiger partial charge in [-0.05, 0) is 56.3 Å². The molecule has 1 unspecified atom stereocenters. The van der Waals surface area contributed by atoms with Gasteiger partial charge in [0, 0.05) is 0 Å². The molecule has 0 bridgehead atoms. The summed E-state index contributed by atoms with van der Waals surface area (Å²) in [7, 11) is 0. The lowest BCUT2D eigenvalue weighted by Gasteiger charge is -2.18. The van der Waals surface area contributed by atoms with Crippen LogP contribution in [-0.4, -0.2) is 0 Å². The molecule has 0 saturated carbocycles. The van der Waals surface area contributed by atoms with Gasteiger partial charge in [-0.3, -0.25) is 0 Å². The van der Waals surface area contributed by atoms with E-state index in [0.29, 0.717) is 5.92 Å². The van der Waals surface area contributed by atoms with Gasteiger partial charge in [0.05, 0.1) is 0 Å². The van der Waals surface area contributed by atoms with Crippen LogP contribution < -0.4 is 0 Å². The Morgan fingerprint density at radius 3 is 2.14 bits per heavy atom. The molecule has 0 aliphatic rings. The smallest absolute Gasteiger partial charge is 0.00642 e. The summed E-state index contributed by atoms with van der Waals surface area (Å²) in [6.45, 7) is 4.63. The first kappa shape index (κ1) is 13.3. The molecule has 4 aromatic carbocycles. The summed E-state index contributed by atoms with van der Waals surface area (Å²) in [6.07, 6.45) is 1.16. The monoisotopic (exact) mass is 284 g/mol. The van der Waals surface area contributed by atoms with Crippen molar-refractivity contribution in [2.24, 2.45) is 0 Å². The zero-order chi connectivity index (χ0) is 15.1. The molecular weight excluding hydrogens is 264 g/mol. The number of fused-ring (bicyclic) bond motifs is 4. The zero-order valence-electron chi connectivity index (χ0n) is 13.1. The third-order valence-electron chi connectivity index (χ3n) is 4.90. The van der Waals surface area contributed by atoms with Crippen molar-refractivity contribution in [3.8, 4) is 0 Å². The molecule has 0 aromatic heterocycles. The van der Waals surface area contributed by atoms with Crippen LogP contribution in [-0.2, 0) is 0 Å². The van der Waals surface area contributed by atoms with Gasteiger partial charge in [-0.1, -0.05) is 74.5 Å². The number of benzene rings is 4. The van der Waals surface area contributed by atoms with E-state index in [1.165, 1.54) is 37.9 Å². The average Bonchev–Trinajstić information content (AvgIpc) is 2.59. The minimum atomic E-state index is 0.555. The largest absolute Gasteiger partial charge is 0.0648 e. The molecule has 0 fully saturated rings. The van der Waals surface area contributed by atoms with Gasteiger partial charge >= 0.3 is 0 Å². The highest BCUT2D eigenvalue weighted by Crippen LogP contribution is 2.38. The van der Waals surface area contributed by atoms with Crippen LogP contribution in [0.1, 0.15) is 31.7 Å². The van der Waals surface area contributed by atoms with Crippen molar-refractivity contribution in [3.63, 3.8) is 0 Å². The lowest BCUT2D eigenvalue weighted by molar-refractivity contribution is 0.745. The SMILES string of the molecule is CCC(C)c1c2ccccc2cc2ccc3ccccc3c12. The van der Waals surface area contributed by atoms with Crippen LogP contribution in [0.15, 0.2) is 66.7 Å². The number of rotatable bonds is 2. The Hall–Kier alpha value is -2.34. The Bertz CT molecular complexity index is 979. The van der Waals surface area contributed by atoms with Gasteiger partial charge in [0.1, 0.15) is 0 Å². The van der Waals surface area contributed by atoms with Crippen molar-refractivity contribution in [3.05, 3.63) is 72.3 Å². The van der Waals surface area contributed by atoms with Crippen LogP contribution >= 0.6 is 0 Å². The molecule has 0 aliphatic heterocycles. The Morgan fingerprint density at radius 1 is 0.727 bits per heavy atom. The first-order valence-corrected chi connectivity index (χ1v) is 8.12. The van der Waals surface area contributed by atoms with Crippen LogP contribution in [0.4, 0.5) is 0 Å². The maximum Gasteiger partial charge on any atom is -0.00642 e. The molecule has 0 heteroatoms. The molecule has 22 heavy (non-hydrogen) atoms. The average molecular weight is 284 g/mol. The second-order valence-corrected chi connectivity index (χ2v) is 6.21. The van der Waals surface area contributed by atoms with E-state index in [2.05, 4.69) is 80.6 Å². The van der Waals surface area contributed by atoms with Crippen LogP contribution in [0.2, 0.25) is 0 Å². The summed E-state index contributed by atoms with van der Waals surface area (Å²) >= 11 is 0. The first-order chi connectivity index (χ1) is 10.8. The fourth-order valence-corrected chi connectivity index (χ4v) is 3.60. The maximum absolute atomic E-state index is 2.35. The van der Waals surface area contributed by atoms with Crippen LogP contribution in [0, 0.1) is 0 Å². The molecule has 0 spiro atoms. The Morgan fingerprint density at radius 2 is 1.36 bits per heavy atom. The van der Waals surface area contributed by atoms with Gasteiger partial charge < -0.3 is 0 Å². The topological polar surface area (TPSA) is 0 Å². The van der Waals surface area contributed by atoms with Crippen LogP contribution in [0.3, 0.4) is 0 Å². The molecule has 0 heterocycles. The molecule has 4 aromatic rings. The van der Waals surface area contributed by atoms with Crippen molar-refractivity contribution in [2.75, 3.05) is 0 Å². The molecule has 0 radical (unpaired) electrons. The highest BCUT2D eigenvalue weighted by atomic mass is 14.2. The van der Waals surface area contributed by atoms with Crippen molar-refractivity contribution in [2.45, 2.75) is 26.2 Å². The molecule has 4 rings (SSSR count). The minimum absolute atomic E-state index is 0.555. The van der Waals surface area contributed by atoms with Crippen molar-refractivity contribution in [1.29, 1.82) is 0 Å². The van der Waals surface area contributed by atoms with Gasteiger partial charge in [0.25, 0.3) is 0 Å². The Balaban J connectivity index is 2.29. The van der Waals surface area contributed by atoms with Crippen LogP contribution in [0.5, 0.6) is 0 Å². The van der Waals surface area contributed by atoms with Crippen molar-refractivity contribution in [1.82, 2.24) is 0 Å². The van der Waals surface area contributed by atoms with Gasteiger partial charge in [-0.25, -0.2) is 0 Å². The van der Waals surface area contributed by atoms with Crippen molar-refractivity contribution < 1.29 is 0 Å².